The summed E-state index contributed by atoms with van der Waals surface area (Å²) in [5.74, 6) is -1.90. The van der Waals surface area contributed by atoms with Crippen LogP contribution in [0.2, 0.25) is 0 Å². The van der Waals surface area contributed by atoms with Gasteiger partial charge in [-0.1, -0.05) is 15.9 Å². The zero-order valence-electron chi connectivity index (χ0n) is 15.2. The molecule has 0 bridgehead atoms. The summed E-state index contributed by atoms with van der Waals surface area (Å²) in [4.78, 5) is 38.7. The molecule has 1 atom stereocenters. The van der Waals surface area contributed by atoms with E-state index in [0.717, 1.165) is 21.4 Å². The Morgan fingerprint density at radius 3 is 2.67 bits per heavy atom. The Hall–Kier alpha value is -2.68. The summed E-state index contributed by atoms with van der Waals surface area (Å²) in [6, 6.07) is 4.56. The van der Waals surface area contributed by atoms with Gasteiger partial charge in [-0.05, 0) is 32.0 Å². The van der Waals surface area contributed by atoms with E-state index in [-0.39, 0.29) is 12.5 Å². The van der Waals surface area contributed by atoms with Crippen LogP contribution in [0.3, 0.4) is 0 Å². The van der Waals surface area contributed by atoms with Gasteiger partial charge in [0, 0.05) is 47.6 Å². The Bertz CT molecular complexity index is 924. The average Bonchev–Trinajstić information content (AvgIpc) is 3.08. The fraction of sp³-hybridized carbons (Fsp3) is 0.333. The Morgan fingerprint density at radius 2 is 2.04 bits per heavy atom. The highest BCUT2D eigenvalue weighted by atomic mass is 79.9. The summed E-state index contributed by atoms with van der Waals surface area (Å²) in [7, 11) is 1.78. The number of fused-ring (bicyclic) bond motifs is 1. The third-order valence-electron chi connectivity index (χ3n) is 4.46. The molecule has 1 aliphatic heterocycles. The number of aromatic nitrogens is 2. The number of likely N-dealkylation sites (N-methyl/N-ethyl adjacent to an activating group) is 1. The van der Waals surface area contributed by atoms with Crippen molar-refractivity contribution in [2.24, 2.45) is 7.05 Å². The zero-order valence-corrected chi connectivity index (χ0v) is 16.8. The van der Waals surface area contributed by atoms with Gasteiger partial charge in [0.15, 0.2) is 0 Å². The van der Waals surface area contributed by atoms with Gasteiger partial charge in [0.25, 0.3) is 5.91 Å². The van der Waals surface area contributed by atoms with Crippen molar-refractivity contribution in [3.8, 4) is 0 Å². The molecular weight excluding hydrogens is 414 g/mol. The fourth-order valence-corrected chi connectivity index (χ4v) is 3.53. The molecule has 1 aromatic heterocycles. The lowest BCUT2D eigenvalue weighted by Gasteiger charge is -2.15. The minimum atomic E-state index is -0.879. The summed E-state index contributed by atoms with van der Waals surface area (Å²) in [5, 5.41) is 9.30. The highest BCUT2D eigenvalue weighted by molar-refractivity contribution is 9.10. The smallest absolute Gasteiger partial charge is 0.310 e. The summed E-state index contributed by atoms with van der Waals surface area (Å²) in [5.41, 5.74) is 3.01. The molecule has 0 radical (unpaired) electrons. The van der Waals surface area contributed by atoms with Crippen molar-refractivity contribution in [1.82, 2.24) is 20.4 Å². The van der Waals surface area contributed by atoms with Gasteiger partial charge in [0.05, 0.1) is 5.69 Å². The van der Waals surface area contributed by atoms with Crippen molar-refractivity contribution in [2.75, 3.05) is 11.4 Å². The summed E-state index contributed by atoms with van der Waals surface area (Å²) in [6.07, 6.45) is 1.78. The maximum atomic E-state index is 12.6. The number of hydrogen-bond acceptors (Lipinski definition) is 4. The van der Waals surface area contributed by atoms with Gasteiger partial charge in [0.2, 0.25) is 0 Å². The standard InChI is InChI=1S/C18H20BrN5O3/c1-4-24-14-6-5-12(19)7-13(14)15(18(24)27)21-17(26)16(25)20-8-11-9-23(3)22-10(11)2/h5-7,9,15H,4,8H2,1-3H3,(H,20,25)(H,21,26)/t15-/m1/s1. The van der Waals surface area contributed by atoms with E-state index in [0.29, 0.717) is 12.1 Å². The van der Waals surface area contributed by atoms with Gasteiger partial charge in [-0.15, -0.1) is 0 Å². The van der Waals surface area contributed by atoms with Crippen LogP contribution in [0.4, 0.5) is 5.69 Å². The second-order valence-corrected chi connectivity index (χ2v) is 7.20. The second kappa shape index (κ2) is 7.51. The lowest BCUT2D eigenvalue weighted by atomic mass is 10.1. The first kappa shape index (κ1) is 19.1. The molecule has 9 heteroatoms. The molecule has 0 unspecified atom stereocenters. The van der Waals surface area contributed by atoms with Crippen LogP contribution in [0.15, 0.2) is 28.9 Å². The fourth-order valence-electron chi connectivity index (χ4n) is 3.15. The Labute approximate surface area is 165 Å². The number of carbonyl (C=O) groups excluding carboxylic acids is 3. The molecule has 142 valence electrons. The molecule has 27 heavy (non-hydrogen) atoms. The Balaban J connectivity index is 1.70. The van der Waals surface area contributed by atoms with Crippen molar-refractivity contribution in [3.63, 3.8) is 0 Å². The maximum Gasteiger partial charge on any atom is 0.310 e. The third kappa shape index (κ3) is 3.73. The van der Waals surface area contributed by atoms with E-state index >= 15 is 0 Å². The number of benzene rings is 1. The first-order chi connectivity index (χ1) is 12.8. The average molecular weight is 434 g/mol. The Morgan fingerprint density at radius 1 is 1.30 bits per heavy atom. The van der Waals surface area contributed by atoms with E-state index in [4.69, 9.17) is 0 Å². The zero-order chi connectivity index (χ0) is 19.7. The van der Waals surface area contributed by atoms with E-state index in [1.54, 1.807) is 28.9 Å². The molecule has 8 nitrogen and oxygen atoms in total. The van der Waals surface area contributed by atoms with E-state index < -0.39 is 17.9 Å². The number of carbonyl (C=O) groups is 3. The predicted molar refractivity (Wildman–Crippen MR) is 103 cm³/mol. The molecular formula is C18H20BrN5O3. The van der Waals surface area contributed by atoms with Crippen LogP contribution in [-0.2, 0) is 28.0 Å². The number of halogens is 1. The minimum absolute atomic E-state index is 0.188. The molecule has 0 saturated heterocycles. The highest BCUT2D eigenvalue weighted by Crippen LogP contribution is 2.37. The van der Waals surface area contributed by atoms with Crippen LogP contribution in [0.1, 0.15) is 29.8 Å². The number of amides is 3. The molecule has 1 aromatic carbocycles. The van der Waals surface area contributed by atoms with E-state index in [1.165, 1.54) is 0 Å². The summed E-state index contributed by atoms with van der Waals surface area (Å²) < 4.78 is 2.44. The lowest BCUT2D eigenvalue weighted by Crippen LogP contribution is -2.44. The van der Waals surface area contributed by atoms with Crippen LogP contribution in [0, 0.1) is 6.92 Å². The van der Waals surface area contributed by atoms with Crippen LogP contribution in [0.25, 0.3) is 0 Å². The number of nitrogens with zero attached hydrogens (tertiary/aromatic N) is 3. The summed E-state index contributed by atoms with van der Waals surface area (Å²) in [6.45, 7) is 4.35. The molecule has 3 rings (SSSR count). The number of nitrogens with one attached hydrogen (secondary N) is 2. The highest BCUT2D eigenvalue weighted by Gasteiger charge is 2.38. The number of rotatable bonds is 4. The quantitative estimate of drug-likeness (QED) is 0.710. The predicted octanol–water partition coefficient (Wildman–Crippen LogP) is 1.33. The first-order valence-electron chi connectivity index (χ1n) is 8.50. The van der Waals surface area contributed by atoms with Crippen molar-refractivity contribution in [3.05, 3.63) is 45.7 Å². The van der Waals surface area contributed by atoms with Crippen LogP contribution >= 0.6 is 15.9 Å². The van der Waals surface area contributed by atoms with Crippen molar-refractivity contribution >= 4 is 39.3 Å². The molecule has 1 aliphatic rings. The molecule has 0 aliphatic carbocycles. The van der Waals surface area contributed by atoms with Gasteiger partial charge in [-0.3, -0.25) is 19.1 Å². The molecule has 0 saturated carbocycles. The Kier molecular flexibility index (Phi) is 5.31. The molecule has 3 amide bonds. The monoisotopic (exact) mass is 433 g/mol. The second-order valence-electron chi connectivity index (χ2n) is 6.29. The first-order valence-corrected chi connectivity index (χ1v) is 9.29. The molecule has 2 heterocycles. The maximum absolute atomic E-state index is 12.6. The lowest BCUT2D eigenvalue weighted by molar-refractivity contribution is -0.140. The normalized spacial score (nSPS) is 15.6. The van der Waals surface area contributed by atoms with Gasteiger partial charge < -0.3 is 15.5 Å². The van der Waals surface area contributed by atoms with Crippen molar-refractivity contribution in [2.45, 2.75) is 26.4 Å². The van der Waals surface area contributed by atoms with Gasteiger partial charge in [-0.2, -0.15) is 5.10 Å². The van der Waals surface area contributed by atoms with E-state index in [2.05, 4.69) is 31.7 Å². The number of aryl methyl sites for hydroxylation is 2. The SMILES string of the molecule is CCN1C(=O)[C@H](NC(=O)C(=O)NCc2cn(C)nc2C)c2cc(Br)ccc21. The van der Waals surface area contributed by atoms with Crippen LogP contribution < -0.4 is 15.5 Å². The van der Waals surface area contributed by atoms with Crippen molar-refractivity contribution in [1.29, 1.82) is 0 Å². The number of anilines is 1. The summed E-state index contributed by atoms with van der Waals surface area (Å²) >= 11 is 3.38. The van der Waals surface area contributed by atoms with E-state index in [9.17, 15) is 14.4 Å². The third-order valence-corrected chi connectivity index (χ3v) is 4.95. The number of hydrogen-bond donors (Lipinski definition) is 2. The molecule has 0 fully saturated rings. The minimum Gasteiger partial charge on any atom is -0.344 e. The van der Waals surface area contributed by atoms with E-state index in [1.807, 2.05) is 26.0 Å². The van der Waals surface area contributed by atoms with Gasteiger partial charge in [0.1, 0.15) is 6.04 Å². The molecule has 2 aromatic rings. The van der Waals surface area contributed by atoms with Crippen LogP contribution in [-0.4, -0.2) is 34.0 Å². The molecule has 0 spiro atoms. The van der Waals surface area contributed by atoms with Crippen LogP contribution in [0.5, 0.6) is 0 Å². The van der Waals surface area contributed by atoms with Crippen molar-refractivity contribution < 1.29 is 14.4 Å². The van der Waals surface area contributed by atoms with Gasteiger partial charge in [-0.25, -0.2) is 0 Å². The molecule has 2 N–H and O–H groups in total. The van der Waals surface area contributed by atoms with Gasteiger partial charge >= 0.3 is 11.8 Å². The largest absolute Gasteiger partial charge is 0.344 e. The topological polar surface area (TPSA) is 96.3 Å².